The van der Waals surface area contributed by atoms with Crippen molar-refractivity contribution in [3.63, 3.8) is 0 Å². The van der Waals surface area contributed by atoms with Crippen molar-refractivity contribution in [3.8, 4) is 12.3 Å². The van der Waals surface area contributed by atoms with Crippen LogP contribution in [0.15, 0.2) is 4.99 Å². The van der Waals surface area contributed by atoms with Crippen LogP contribution in [0.1, 0.15) is 95.6 Å². The minimum Gasteiger partial charge on any atom is -0.463 e. The fourth-order valence-electron chi connectivity index (χ4n) is 6.34. The fraction of sp³-hybridized carbons (Fsp3) is 0.679. The molecule has 10 nitrogen and oxygen atoms in total. The molecule has 10 heteroatoms. The molecule has 0 spiro atoms. The summed E-state index contributed by atoms with van der Waals surface area (Å²) in [7, 11) is 0. The van der Waals surface area contributed by atoms with E-state index in [4.69, 9.17) is 22.2 Å². The summed E-state index contributed by atoms with van der Waals surface area (Å²) >= 11 is 0. The van der Waals surface area contributed by atoms with E-state index in [-0.39, 0.29) is 17.7 Å². The molecule has 3 fully saturated rings. The number of carbonyl (C=O) groups is 1. The molecule has 5 N–H and O–H groups in total. The minimum absolute atomic E-state index is 0.0181. The topological polar surface area (TPSA) is 152 Å². The van der Waals surface area contributed by atoms with Crippen LogP contribution in [0.4, 0.5) is 10.6 Å². The van der Waals surface area contributed by atoms with Gasteiger partial charge in [-0.05, 0) is 70.1 Å². The molecule has 3 aliphatic rings. The van der Waals surface area contributed by atoms with Crippen molar-refractivity contribution >= 4 is 28.9 Å². The summed E-state index contributed by atoms with van der Waals surface area (Å²) in [5, 5.41) is 24.6. The van der Waals surface area contributed by atoms with Gasteiger partial charge in [-0.25, -0.2) is 19.7 Å². The molecule has 0 bridgehead atoms. The largest absolute Gasteiger partial charge is 0.463 e. The van der Waals surface area contributed by atoms with Crippen molar-refractivity contribution in [2.75, 3.05) is 5.32 Å². The highest BCUT2D eigenvalue weighted by atomic mass is 16.4. The Kier molecular flexibility index (Phi) is 7.57. The van der Waals surface area contributed by atoms with E-state index in [0.717, 1.165) is 63.3 Å². The molecule has 1 unspecified atom stereocenters. The molecule has 0 radical (unpaired) electrons. The lowest BCUT2D eigenvalue weighted by Crippen LogP contribution is -2.34. The quantitative estimate of drug-likeness (QED) is 0.238. The summed E-state index contributed by atoms with van der Waals surface area (Å²) in [6.45, 7) is 2.84. The molecule has 204 valence electrons. The van der Waals surface area contributed by atoms with Gasteiger partial charge in [0.15, 0.2) is 23.1 Å². The Bertz CT molecular complexity index is 1250. The summed E-state index contributed by atoms with van der Waals surface area (Å²) in [4.78, 5) is 28.8. The third-order valence-corrected chi connectivity index (χ3v) is 8.89. The Hall–Kier alpha value is -3.19. The number of imidazole rings is 1. The molecule has 2 heterocycles. The number of hydrogen-bond donors (Lipinski definition) is 4. The Morgan fingerprint density at radius 1 is 1.16 bits per heavy atom. The van der Waals surface area contributed by atoms with Crippen LogP contribution in [0.5, 0.6) is 0 Å². The van der Waals surface area contributed by atoms with E-state index in [2.05, 4.69) is 37.7 Å². The van der Waals surface area contributed by atoms with Gasteiger partial charge in [-0.3, -0.25) is 0 Å². The maximum Gasteiger partial charge on any atom is 0.433 e. The first-order chi connectivity index (χ1) is 18.3. The van der Waals surface area contributed by atoms with Gasteiger partial charge in [0.1, 0.15) is 16.9 Å². The van der Waals surface area contributed by atoms with Gasteiger partial charge in [0.2, 0.25) is 0 Å². The van der Waals surface area contributed by atoms with Gasteiger partial charge in [0.25, 0.3) is 0 Å². The Balaban J connectivity index is 1.63. The summed E-state index contributed by atoms with van der Waals surface area (Å²) in [5.74, 6) is 5.09. The van der Waals surface area contributed by atoms with Gasteiger partial charge in [0, 0.05) is 18.5 Å². The average molecular weight is 522 g/mol. The predicted molar refractivity (Wildman–Crippen MR) is 146 cm³/mol. The lowest BCUT2D eigenvalue weighted by atomic mass is 9.80. The number of nitrogens with zero attached hydrogens (tertiary/aromatic N) is 5. The molecule has 0 aromatic carbocycles. The van der Waals surface area contributed by atoms with Gasteiger partial charge in [-0.1, -0.05) is 25.7 Å². The van der Waals surface area contributed by atoms with E-state index in [9.17, 15) is 9.90 Å². The Morgan fingerprint density at radius 3 is 2.47 bits per heavy atom. The predicted octanol–water partition coefficient (Wildman–Crippen LogP) is 4.40. The highest BCUT2D eigenvalue weighted by Gasteiger charge is 2.38. The number of anilines is 1. The lowest BCUT2D eigenvalue weighted by Gasteiger charge is -2.34. The standard InChI is InChI=1S/C28H39N7O3/c1-3-18-10-12-19(13-11-18)16-35-21-23(30-17(2)20-8-7-9-20)32-25(22(29)31-27(36)37)33-24(21)34-26(35)28(38)14-5-4-6-15-28/h1,17-20,38H,4-16H2,2H3,(H2,29,31)(H,36,37)(H,30,32,33). The number of aliphatic imine (C=N–C) groups is 1. The molecule has 38 heavy (non-hydrogen) atoms. The van der Waals surface area contributed by atoms with Crippen molar-refractivity contribution in [2.24, 2.45) is 28.5 Å². The summed E-state index contributed by atoms with van der Waals surface area (Å²) in [6.07, 6.45) is 16.1. The van der Waals surface area contributed by atoms with Crippen LogP contribution in [-0.4, -0.2) is 47.7 Å². The minimum atomic E-state index is -1.41. The van der Waals surface area contributed by atoms with Crippen molar-refractivity contribution in [2.45, 2.75) is 102 Å². The number of terminal acetylenes is 1. The number of amides is 1. The maximum atomic E-state index is 11.8. The van der Waals surface area contributed by atoms with E-state index in [1.54, 1.807) is 0 Å². The smallest absolute Gasteiger partial charge is 0.433 e. The van der Waals surface area contributed by atoms with Crippen molar-refractivity contribution in [3.05, 3.63) is 11.6 Å². The molecule has 1 atom stereocenters. The first kappa shape index (κ1) is 26.4. The highest BCUT2D eigenvalue weighted by molar-refractivity contribution is 6.01. The van der Waals surface area contributed by atoms with E-state index >= 15 is 0 Å². The van der Waals surface area contributed by atoms with Gasteiger partial charge in [0.05, 0.1) is 0 Å². The van der Waals surface area contributed by atoms with Crippen LogP contribution in [-0.2, 0) is 12.1 Å². The third-order valence-electron chi connectivity index (χ3n) is 8.89. The molecule has 5 rings (SSSR count). The second-order valence-corrected chi connectivity index (χ2v) is 11.5. The van der Waals surface area contributed by atoms with E-state index in [1.165, 1.54) is 6.42 Å². The van der Waals surface area contributed by atoms with Gasteiger partial charge < -0.3 is 25.8 Å². The number of amidine groups is 1. The normalized spacial score (nSPS) is 24.9. The molecule has 0 saturated heterocycles. The summed E-state index contributed by atoms with van der Waals surface area (Å²) in [6, 6.07) is 0.156. The van der Waals surface area contributed by atoms with Gasteiger partial charge >= 0.3 is 6.09 Å². The number of fused-ring (bicyclic) bond motifs is 1. The molecule has 0 aliphatic heterocycles. The molecular weight excluding hydrogens is 482 g/mol. The zero-order chi connectivity index (χ0) is 26.9. The summed E-state index contributed by atoms with van der Waals surface area (Å²) in [5.41, 5.74) is 6.07. The van der Waals surface area contributed by atoms with Crippen LogP contribution in [0, 0.1) is 30.1 Å². The van der Waals surface area contributed by atoms with Gasteiger partial charge in [-0.2, -0.15) is 4.99 Å². The van der Waals surface area contributed by atoms with Crippen LogP contribution >= 0.6 is 0 Å². The van der Waals surface area contributed by atoms with E-state index in [0.29, 0.717) is 54.4 Å². The van der Waals surface area contributed by atoms with Gasteiger partial charge in [-0.15, -0.1) is 12.3 Å². The second-order valence-electron chi connectivity index (χ2n) is 11.5. The average Bonchev–Trinajstić information content (AvgIpc) is 3.23. The second kappa shape index (κ2) is 10.9. The van der Waals surface area contributed by atoms with E-state index in [1.807, 2.05) is 0 Å². The SMILES string of the molecule is C#CC1CCC(Cn2c(C3(O)CCCCC3)nc3nc(C(N)=NC(=O)O)nc(NC(C)C4CCC4)c32)CC1. The number of aliphatic hydroxyl groups is 1. The van der Waals surface area contributed by atoms with E-state index < -0.39 is 11.7 Å². The summed E-state index contributed by atoms with van der Waals surface area (Å²) < 4.78 is 2.13. The van der Waals surface area contributed by atoms with Crippen LogP contribution in [0.3, 0.4) is 0 Å². The Labute approximate surface area is 223 Å². The van der Waals surface area contributed by atoms with Crippen LogP contribution in [0.25, 0.3) is 11.2 Å². The third kappa shape index (κ3) is 5.35. The monoisotopic (exact) mass is 521 g/mol. The molecule has 1 amide bonds. The molecule has 3 saturated carbocycles. The number of nitrogens with one attached hydrogen (secondary N) is 1. The maximum absolute atomic E-state index is 11.8. The number of hydrogen-bond acceptors (Lipinski definition) is 6. The number of rotatable bonds is 7. The molecule has 3 aliphatic carbocycles. The van der Waals surface area contributed by atoms with Crippen molar-refractivity contribution < 1.29 is 15.0 Å². The zero-order valence-electron chi connectivity index (χ0n) is 22.2. The first-order valence-corrected chi connectivity index (χ1v) is 14.1. The first-order valence-electron chi connectivity index (χ1n) is 14.1. The van der Waals surface area contributed by atoms with Crippen molar-refractivity contribution in [1.29, 1.82) is 0 Å². The van der Waals surface area contributed by atoms with Crippen LogP contribution < -0.4 is 11.1 Å². The number of carboxylic acid groups (broad SMARTS) is 1. The number of nitrogens with two attached hydrogens (primary N) is 1. The molecular formula is C28H39N7O3. The Morgan fingerprint density at radius 2 is 1.87 bits per heavy atom. The molecule has 2 aromatic rings. The molecule has 2 aromatic heterocycles. The fourth-order valence-corrected chi connectivity index (χ4v) is 6.34. The highest BCUT2D eigenvalue weighted by Crippen LogP contribution is 2.40. The number of aromatic nitrogens is 4. The zero-order valence-corrected chi connectivity index (χ0v) is 22.2. The lowest BCUT2D eigenvalue weighted by molar-refractivity contribution is -0.0123. The van der Waals surface area contributed by atoms with Crippen molar-refractivity contribution in [1.82, 2.24) is 19.5 Å². The van der Waals surface area contributed by atoms with Crippen LogP contribution in [0.2, 0.25) is 0 Å².